The molecule has 1 saturated carbocycles. The van der Waals surface area contributed by atoms with Gasteiger partial charge >= 0.3 is 0 Å². The first kappa shape index (κ1) is 15.9. The Labute approximate surface area is 127 Å². The van der Waals surface area contributed by atoms with Gasteiger partial charge in [-0.2, -0.15) is 0 Å². The molecule has 20 heavy (non-hydrogen) atoms. The van der Waals surface area contributed by atoms with Gasteiger partial charge in [0.1, 0.15) is 10.7 Å². The standard InChI is InChI=1S/C13H18BrFN2O2S/c14-11-6-10(8-16)13(15)12(7-11)20(18,19)17-5-1-2-9-3-4-9/h6-7,9,17H,1-5,8,16H2. The zero-order chi connectivity index (χ0) is 14.8. The minimum Gasteiger partial charge on any atom is -0.326 e. The Kier molecular flexibility index (Phi) is 5.17. The lowest BCUT2D eigenvalue weighted by atomic mass is 10.2. The van der Waals surface area contributed by atoms with Crippen LogP contribution < -0.4 is 10.5 Å². The Bertz CT molecular complexity index is 588. The minimum absolute atomic E-state index is 0.0462. The second-order valence-electron chi connectivity index (χ2n) is 5.06. The summed E-state index contributed by atoms with van der Waals surface area (Å²) in [6.07, 6.45) is 4.29. The van der Waals surface area contributed by atoms with Crippen molar-refractivity contribution in [2.45, 2.75) is 37.1 Å². The van der Waals surface area contributed by atoms with Crippen LogP contribution in [0.5, 0.6) is 0 Å². The van der Waals surface area contributed by atoms with E-state index in [0.29, 0.717) is 11.0 Å². The minimum atomic E-state index is -3.83. The van der Waals surface area contributed by atoms with Crippen molar-refractivity contribution in [1.29, 1.82) is 0 Å². The van der Waals surface area contributed by atoms with Crippen molar-refractivity contribution in [3.05, 3.63) is 28.0 Å². The van der Waals surface area contributed by atoms with Crippen LogP contribution in [-0.4, -0.2) is 15.0 Å². The van der Waals surface area contributed by atoms with E-state index in [1.807, 2.05) is 0 Å². The van der Waals surface area contributed by atoms with Gasteiger partial charge in [0.15, 0.2) is 0 Å². The monoisotopic (exact) mass is 364 g/mol. The van der Waals surface area contributed by atoms with Gasteiger partial charge < -0.3 is 5.73 Å². The van der Waals surface area contributed by atoms with Gasteiger partial charge in [-0.3, -0.25) is 0 Å². The molecule has 0 saturated heterocycles. The van der Waals surface area contributed by atoms with Crippen LogP contribution in [0.25, 0.3) is 0 Å². The molecule has 1 aromatic rings. The Morgan fingerprint density at radius 2 is 2.10 bits per heavy atom. The molecule has 0 aromatic heterocycles. The third kappa shape index (κ3) is 4.00. The largest absolute Gasteiger partial charge is 0.326 e. The molecule has 0 radical (unpaired) electrons. The molecular weight excluding hydrogens is 347 g/mol. The van der Waals surface area contributed by atoms with Crippen LogP contribution in [0.3, 0.4) is 0 Å². The molecule has 0 heterocycles. The number of hydrogen-bond donors (Lipinski definition) is 2. The van der Waals surface area contributed by atoms with E-state index in [9.17, 15) is 12.8 Å². The first-order valence-corrected chi connectivity index (χ1v) is 8.89. The molecule has 0 spiro atoms. The highest BCUT2D eigenvalue weighted by atomic mass is 79.9. The Morgan fingerprint density at radius 3 is 2.70 bits per heavy atom. The number of benzene rings is 1. The summed E-state index contributed by atoms with van der Waals surface area (Å²) in [5, 5.41) is 0. The molecule has 0 bridgehead atoms. The predicted octanol–water partition coefficient (Wildman–Crippen LogP) is 2.52. The van der Waals surface area contributed by atoms with Crippen molar-refractivity contribution in [2.24, 2.45) is 11.7 Å². The van der Waals surface area contributed by atoms with E-state index >= 15 is 0 Å². The van der Waals surface area contributed by atoms with Gasteiger partial charge in [0.2, 0.25) is 10.0 Å². The zero-order valence-electron chi connectivity index (χ0n) is 11.0. The zero-order valence-corrected chi connectivity index (χ0v) is 13.4. The lowest BCUT2D eigenvalue weighted by Crippen LogP contribution is -2.26. The van der Waals surface area contributed by atoms with E-state index in [1.54, 1.807) is 0 Å². The summed E-state index contributed by atoms with van der Waals surface area (Å²) in [7, 11) is -3.83. The highest BCUT2D eigenvalue weighted by Crippen LogP contribution is 2.33. The van der Waals surface area contributed by atoms with Crippen LogP contribution in [-0.2, 0) is 16.6 Å². The number of halogens is 2. The SMILES string of the molecule is NCc1cc(Br)cc(S(=O)(=O)NCCCC2CC2)c1F. The normalized spacial score (nSPS) is 15.6. The molecule has 2 rings (SSSR count). The highest BCUT2D eigenvalue weighted by molar-refractivity contribution is 9.10. The van der Waals surface area contributed by atoms with Crippen LogP contribution in [0.2, 0.25) is 0 Å². The van der Waals surface area contributed by atoms with Crippen molar-refractivity contribution in [3.63, 3.8) is 0 Å². The van der Waals surface area contributed by atoms with Gasteiger partial charge in [-0.05, 0) is 30.9 Å². The average molecular weight is 365 g/mol. The van der Waals surface area contributed by atoms with E-state index in [4.69, 9.17) is 5.73 Å². The van der Waals surface area contributed by atoms with Gasteiger partial charge in [0.25, 0.3) is 0 Å². The summed E-state index contributed by atoms with van der Waals surface area (Å²) in [4.78, 5) is -0.348. The lowest BCUT2D eigenvalue weighted by Gasteiger charge is -2.10. The molecule has 3 N–H and O–H groups in total. The molecule has 0 atom stereocenters. The number of nitrogens with one attached hydrogen (secondary N) is 1. The molecule has 4 nitrogen and oxygen atoms in total. The molecule has 1 aromatic carbocycles. The van der Waals surface area contributed by atoms with Crippen molar-refractivity contribution in [1.82, 2.24) is 4.72 Å². The van der Waals surface area contributed by atoms with Crippen LogP contribution in [0.15, 0.2) is 21.5 Å². The summed E-state index contributed by atoms with van der Waals surface area (Å²) in [6.45, 7) is 0.290. The van der Waals surface area contributed by atoms with Crippen LogP contribution in [0.4, 0.5) is 4.39 Å². The maximum atomic E-state index is 14.1. The van der Waals surface area contributed by atoms with Gasteiger partial charge in [-0.15, -0.1) is 0 Å². The van der Waals surface area contributed by atoms with Crippen molar-refractivity contribution in [2.75, 3.05) is 6.54 Å². The second-order valence-corrected chi connectivity index (χ2v) is 7.72. The summed E-state index contributed by atoms with van der Waals surface area (Å²) in [5.41, 5.74) is 5.60. The number of hydrogen-bond acceptors (Lipinski definition) is 3. The molecule has 1 aliphatic rings. The van der Waals surface area contributed by atoms with Gasteiger partial charge in [0.05, 0.1) is 0 Å². The van der Waals surface area contributed by atoms with Crippen LogP contribution >= 0.6 is 15.9 Å². The van der Waals surface area contributed by atoms with Gasteiger partial charge in [0, 0.05) is 23.1 Å². The Hall–Kier alpha value is -0.500. The number of rotatable bonds is 7. The molecule has 7 heteroatoms. The molecule has 0 aliphatic heterocycles. The fourth-order valence-corrected chi connectivity index (χ4v) is 3.92. The molecule has 1 fully saturated rings. The van der Waals surface area contributed by atoms with E-state index in [-0.39, 0.29) is 17.0 Å². The summed E-state index contributed by atoms with van der Waals surface area (Å²) in [5.74, 6) is -0.0173. The molecule has 0 amide bonds. The summed E-state index contributed by atoms with van der Waals surface area (Å²) < 4.78 is 41.3. The number of sulfonamides is 1. The van der Waals surface area contributed by atoms with Crippen molar-refractivity contribution < 1.29 is 12.8 Å². The van der Waals surface area contributed by atoms with Crippen molar-refractivity contribution in [3.8, 4) is 0 Å². The summed E-state index contributed by atoms with van der Waals surface area (Å²) >= 11 is 3.18. The Morgan fingerprint density at radius 1 is 1.40 bits per heavy atom. The third-order valence-corrected chi connectivity index (χ3v) is 5.29. The first-order valence-electron chi connectivity index (χ1n) is 6.61. The Balaban J connectivity index is 2.09. The maximum Gasteiger partial charge on any atom is 0.243 e. The van der Waals surface area contributed by atoms with E-state index in [1.165, 1.54) is 25.0 Å². The molecule has 0 unspecified atom stereocenters. The van der Waals surface area contributed by atoms with Crippen LogP contribution in [0, 0.1) is 11.7 Å². The quantitative estimate of drug-likeness (QED) is 0.730. The summed E-state index contributed by atoms with van der Waals surface area (Å²) in [6, 6.07) is 2.75. The van der Waals surface area contributed by atoms with Crippen molar-refractivity contribution >= 4 is 26.0 Å². The topological polar surface area (TPSA) is 72.2 Å². The highest BCUT2D eigenvalue weighted by Gasteiger charge is 2.23. The third-order valence-electron chi connectivity index (χ3n) is 3.37. The number of nitrogens with two attached hydrogens (primary N) is 1. The molecule has 112 valence electrons. The fraction of sp³-hybridized carbons (Fsp3) is 0.538. The van der Waals surface area contributed by atoms with E-state index in [2.05, 4.69) is 20.7 Å². The molecular formula is C13H18BrFN2O2S. The van der Waals surface area contributed by atoms with E-state index in [0.717, 1.165) is 18.8 Å². The lowest BCUT2D eigenvalue weighted by molar-refractivity contribution is 0.545. The predicted molar refractivity (Wildman–Crippen MR) is 79.1 cm³/mol. The second kappa shape index (κ2) is 6.51. The smallest absolute Gasteiger partial charge is 0.243 e. The maximum absolute atomic E-state index is 14.1. The molecule has 1 aliphatic carbocycles. The fourth-order valence-electron chi connectivity index (χ4n) is 2.04. The first-order chi connectivity index (χ1) is 9.44. The van der Waals surface area contributed by atoms with Gasteiger partial charge in [-0.25, -0.2) is 17.5 Å². The van der Waals surface area contributed by atoms with Gasteiger partial charge in [-0.1, -0.05) is 28.8 Å². The average Bonchev–Trinajstić information content (AvgIpc) is 3.21. The van der Waals surface area contributed by atoms with Crippen LogP contribution in [0.1, 0.15) is 31.2 Å². The van der Waals surface area contributed by atoms with E-state index < -0.39 is 15.8 Å².